The van der Waals surface area contributed by atoms with E-state index in [1.807, 2.05) is 6.92 Å². The van der Waals surface area contributed by atoms with Crippen molar-refractivity contribution in [3.8, 4) is 5.75 Å². The number of anilines is 1. The predicted octanol–water partition coefficient (Wildman–Crippen LogP) is 3.19. The lowest BCUT2D eigenvalue weighted by atomic mass is 9.99. The first-order valence-corrected chi connectivity index (χ1v) is 13.7. The fourth-order valence-electron chi connectivity index (χ4n) is 4.45. The molecule has 0 bridgehead atoms. The van der Waals surface area contributed by atoms with E-state index in [1.54, 1.807) is 24.0 Å². The Morgan fingerprint density at radius 2 is 1.89 bits per heavy atom. The molecule has 1 aliphatic carbocycles. The molecule has 2 N–H and O–H groups in total. The first-order valence-electron chi connectivity index (χ1n) is 12.3. The lowest BCUT2D eigenvalue weighted by Gasteiger charge is -2.38. The lowest BCUT2D eigenvalue weighted by Crippen LogP contribution is -2.50. The number of rotatable bonds is 9. The number of likely N-dealkylation sites (N-methyl/N-ethyl adjacent to an activating group) is 1. The highest BCUT2D eigenvalue weighted by Crippen LogP contribution is 2.33. The molecule has 10 heteroatoms. The molecule has 0 radical (unpaired) electrons. The Balaban J connectivity index is 1.64. The average molecular weight is 520 g/mol. The zero-order valence-electron chi connectivity index (χ0n) is 20.9. The number of halogens is 1. The molecule has 196 valence electrons. The quantitative estimate of drug-likeness (QED) is 0.528. The van der Waals surface area contributed by atoms with Gasteiger partial charge in [-0.1, -0.05) is 6.92 Å². The van der Waals surface area contributed by atoms with Crippen molar-refractivity contribution < 1.29 is 27.4 Å². The number of amides is 1. The third-order valence-corrected chi connectivity index (χ3v) is 8.20. The summed E-state index contributed by atoms with van der Waals surface area (Å²) in [7, 11) is -1.92. The second kappa shape index (κ2) is 10.7. The Morgan fingerprint density at radius 3 is 2.53 bits per heavy atom. The number of carbonyl (C=O) groups excluding carboxylic acids is 1. The molecule has 8 nitrogen and oxygen atoms in total. The lowest BCUT2D eigenvalue weighted by molar-refractivity contribution is 0.0344. The van der Waals surface area contributed by atoms with Gasteiger partial charge < -0.3 is 19.6 Å². The zero-order chi connectivity index (χ0) is 26.0. The number of fused-ring (bicyclic) bond motifs is 1. The van der Waals surface area contributed by atoms with Crippen LogP contribution in [0.2, 0.25) is 0 Å². The number of hydrogen-bond acceptors (Lipinski definition) is 6. The Morgan fingerprint density at radius 1 is 1.19 bits per heavy atom. The second-order valence-electron chi connectivity index (χ2n) is 10.1. The van der Waals surface area contributed by atoms with E-state index in [1.165, 1.54) is 31.0 Å². The standard InChI is InChI=1S/C26H34FN3O5S/c1-17-13-30(18(2)16-31)26(32)23-12-21(28-36(33,34)22-9-6-20(27)7-10-22)8-11-24(23)35-25(17)15-29(3)14-19-4-5-19/h6-12,17-19,25,28,31H,4-5,13-16H2,1-3H3/t17-,18+,25+/m0/s1. The Bertz CT molecular complexity index is 1190. The molecular formula is C26H34FN3O5S. The largest absolute Gasteiger partial charge is 0.488 e. The number of nitrogens with zero attached hydrogens (tertiary/aromatic N) is 2. The minimum absolute atomic E-state index is 0.00871. The van der Waals surface area contributed by atoms with Gasteiger partial charge in [-0.2, -0.15) is 0 Å². The van der Waals surface area contributed by atoms with Gasteiger partial charge >= 0.3 is 0 Å². The molecular weight excluding hydrogens is 485 g/mol. The molecule has 1 saturated carbocycles. The Kier molecular flexibility index (Phi) is 7.87. The average Bonchev–Trinajstić information content (AvgIpc) is 3.65. The molecule has 1 amide bonds. The van der Waals surface area contributed by atoms with Gasteiger partial charge in [-0.05, 0) is 75.2 Å². The van der Waals surface area contributed by atoms with Gasteiger partial charge in [0.1, 0.15) is 17.7 Å². The number of carbonyl (C=O) groups is 1. The summed E-state index contributed by atoms with van der Waals surface area (Å²) in [5, 5.41) is 9.82. The van der Waals surface area contributed by atoms with Gasteiger partial charge in [0, 0.05) is 31.2 Å². The van der Waals surface area contributed by atoms with E-state index >= 15 is 0 Å². The summed E-state index contributed by atoms with van der Waals surface area (Å²) in [5.41, 5.74) is 0.402. The molecule has 0 aromatic heterocycles. The van der Waals surface area contributed by atoms with Crippen molar-refractivity contribution in [2.75, 3.05) is 38.0 Å². The monoisotopic (exact) mass is 519 g/mol. The van der Waals surface area contributed by atoms with Crippen molar-refractivity contribution in [3.63, 3.8) is 0 Å². The van der Waals surface area contributed by atoms with Gasteiger partial charge in [-0.3, -0.25) is 9.52 Å². The molecule has 4 rings (SSSR count). The fourth-order valence-corrected chi connectivity index (χ4v) is 5.50. The number of sulfonamides is 1. The third kappa shape index (κ3) is 6.16. The van der Waals surface area contributed by atoms with Crippen LogP contribution in [0, 0.1) is 17.7 Å². The number of hydrogen-bond donors (Lipinski definition) is 2. The first kappa shape index (κ1) is 26.4. The van der Waals surface area contributed by atoms with Crippen LogP contribution >= 0.6 is 0 Å². The molecule has 2 aliphatic rings. The van der Waals surface area contributed by atoms with Crippen LogP contribution in [0.5, 0.6) is 5.75 Å². The molecule has 0 unspecified atom stereocenters. The smallest absolute Gasteiger partial charge is 0.261 e. The van der Waals surface area contributed by atoms with Crippen LogP contribution < -0.4 is 9.46 Å². The van der Waals surface area contributed by atoms with Crippen LogP contribution in [0.1, 0.15) is 37.0 Å². The predicted molar refractivity (Wildman–Crippen MR) is 135 cm³/mol. The highest BCUT2D eigenvalue weighted by molar-refractivity contribution is 7.92. The van der Waals surface area contributed by atoms with Crippen molar-refractivity contribution in [2.24, 2.45) is 11.8 Å². The van der Waals surface area contributed by atoms with Gasteiger partial charge in [-0.25, -0.2) is 12.8 Å². The number of benzene rings is 2. The van der Waals surface area contributed by atoms with Crippen LogP contribution in [-0.2, 0) is 10.0 Å². The zero-order valence-corrected chi connectivity index (χ0v) is 21.7. The maximum Gasteiger partial charge on any atom is 0.261 e. The van der Waals surface area contributed by atoms with Crippen LogP contribution in [0.25, 0.3) is 0 Å². The molecule has 3 atom stereocenters. The van der Waals surface area contributed by atoms with Crippen LogP contribution in [0.15, 0.2) is 47.4 Å². The van der Waals surface area contributed by atoms with Gasteiger partial charge in [0.15, 0.2) is 0 Å². The van der Waals surface area contributed by atoms with Crippen molar-refractivity contribution in [1.82, 2.24) is 9.80 Å². The van der Waals surface area contributed by atoms with Crippen LogP contribution in [0.3, 0.4) is 0 Å². The molecule has 1 heterocycles. The van der Waals surface area contributed by atoms with Crippen molar-refractivity contribution in [2.45, 2.75) is 43.7 Å². The Hall–Kier alpha value is -2.69. The molecule has 1 fully saturated rings. The van der Waals surface area contributed by atoms with E-state index in [0.717, 1.165) is 24.6 Å². The number of ether oxygens (including phenoxy) is 1. The summed E-state index contributed by atoms with van der Waals surface area (Å²) in [4.78, 5) is 17.3. The summed E-state index contributed by atoms with van der Waals surface area (Å²) in [5.74, 6) is 0.231. The SMILES string of the molecule is C[C@H](CO)N1C[C@H](C)[C@@H](CN(C)CC2CC2)Oc2ccc(NS(=O)(=O)c3ccc(F)cc3)cc2C1=O. The normalized spacial score (nSPS) is 21.4. The third-order valence-electron chi connectivity index (χ3n) is 6.80. The Labute approximate surface area is 212 Å². The summed E-state index contributed by atoms with van der Waals surface area (Å²) in [6.45, 7) is 5.70. The van der Waals surface area contributed by atoms with E-state index in [0.29, 0.717) is 18.8 Å². The molecule has 0 spiro atoms. The molecule has 2 aromatic rings. The van der Waals surface area contributed by atoms with Crippen molar-refractivity contribution in [3.05, 3.63) is 53.8 Å². The van der Waals surface area contributed by atoms with Gasteiger partial charge in [0.25, 0.3) is 15.9 Å². The maximum absolute atomic E-state index is 13.5. The van der Waals surface area contributed by atoms with E-state index < -0.39 is 21.9 Å². The van der Waals surface area contributed by atoms with Gasteiger partial charge in [0.2, 0.25) is 0 Å². The molecule has 2 aromatic carbocycles. The summed E-state index contributed by atoms with van der Waals surface area (Å²) in [6, 6.07) is 8.67. The van der Waals surface area contributed by atoms with E-state index in [-0.39, 0.29) is 40.7 Å². The minimum atomic E-state index is -4.00. The summed E-state index contributed by atoms with van der Waals surface area (Å²) >= 11 is 0. The van der Waals surface area contributed by atoms with Crippen LogP contribution in [0.4, 0.5) is 10.1 Å². The first-order chi connectivity index (χ1) is 17.1. The van der Waals surface area contributed by atoms with E-state index in [9.17, 15) is 22.7 Å². The van der Waals surface area contributed by atoms with Gasteiger partial charge in [-0.15, -0.1) is 0 Å². The van der Waals surface area contributed by atoms with Crippen LogP contribution in [-0.4, -0.2) is 74.7 Å². The fraction of sp³-hybridized carbons (Fsp3) is 0.500. The van der Waals surface area contributed by atoms with E-state index in [4.69, 9.17) is 4.74 Å². The number of aliphatic hydroxyl groups is 1. The summed E-state index contributed by atoms with van der Waals surface area (Å²) in [6.07, 6.45) is 2.30. The summed E-state index contributed by atoms with van der Waals surface area (Å²) < 4.78 is 47.7. The highest BCUT2D eigenvalue weighted by atomic mass is 32.2. The topological polar surface area (TPSA) is 99.2 Å². The highest BCUT2D eigenvalue weighted by Gasteiger charge is 2.34. The van der Waals surface area contributed by atoms with Gasteiger partial charge in [0.05, 0.1) is 23.1 Å². The maximum atomic E-state index is 13.5. The molecule has 0 saturated heterocycles. The number of nitrogens with one attached hydrogen (secondary N) is 1. The minimum Gasteiger partial charge on any atom is -0.488 e. The van der Waals surface area contributed by atoms with Crippen molar-refractivity contribution in [1.29, 1.82) is 0 Å². The molecule has 1 aliphatic heterocycles. The molecule has 36 heavy (non-hydrogen) atoms. The van der Waals surface area contributed by atoms with Crippen molar-refractivity contribution >= 4 is 21.6 Å². The second-order valence-corrected chi connectivity index (χ2v) is 11.7. The number of aliphatic hydroxyl groups excluding tert-OH is 1. The van der Waals surface area contributed by atoms with E-state index in [2.05, 4.69) is 16.7 Å².